The van der Waals surface area contributed by atoms with Crippen LogP contribution in [-0.4, -0.2) is 45.5 Å². The van der Waals surface area contributed by atoms with Crippen molar-refractivity contribution >= 4 is 22.0 Å². The van der Waals surface area contributed by atoms with Gasteiger partial charge in [-0.3, -0.25) is 0 Å². The summed E-state index contributed by atoms with van der Waals surface area (Å²) < 4.78 is 29.6. The van der Waals surface area contributed by atoms with Crippen LogP contribution in [0.15, 0.2) is 12.1 Å². The van der Waals surface area contributed by atoms with Crippen molar-refractivity contribution in [1.82, 2.24) is 0 Å². The van der Waals surface area contributed by atoms with Crippen LogP contribution in [0.25, 0.3) is 0 Å². The molecule has 1 aliphatic heterocycles. The van der Waals surface area contributed by atoms with E-state index in [1.807, 2.05) is 0 Å². The molecule has 5 heteroatoms. The third kappa shape index (κ3) is 7.11. The third-order valence-electron chi connectivity index (χ3n) is 6.25. The number of ether oxygens (including phenoxy) is 4. The van der Waals surface area contributed by atoms with Crippen LogP contribution in [0.2, 0.25) is 13.3 Å². The van der Waals surface area contributed by atoms with E-state index in [1.165, 1.54) is 66.5 Å². The van der Waals surface area contributed by atoms with Crippen LogP contribution in [0.5, 0.6) is 5.75 Å². The van der Waals surface area contributed by atoms with E-state index in [1.54, 1.807) is 7.11 Å². The fourth-order valence-electron chi connectivity index (χ4n) is 4.73. The minimum absolute atomic E-state index is 0.250. The minimum atomic E-state index is -2.80. The summed E-state index contributed by atoms with van der Waals surface area (Å²) >= 11 is -2.80. The summed E-state index contributed by atoms with van der Waals surface area (Å²) in [6.07, 6.45) is 8.42. The van der Waals surface area contributed by atoms with Crippen molar-refractivity contribution in [2.75, 3.05) is 27.1 Å². The molecule has 0 aromatic heterocycles. The summed E-state index contributed by atoms with van der Waals surface area (Å²) in [5, 5.41) is 0. The fourth-order valence-corrected chi connectivity index (χ4v) is 22.0. The van der Waals surface area contributed by atoms with Crippen molar-refractivity contribution in [3.63, 3.8) is 0 Å². The second kappa shape index (κ2) is 14.0. The maximum atomic E-state index is 6.26. The van der Waals surface area contributed by atoms with Crippen LogP contribution in [0, 0.1) is 6.92 Å². The van der Waals surface area contributed by atoms with Crippen molar-refractivity contribution in [3.8, 4) is 5.75 Å². The molecule has 1 aliphatic rings. The molecule has 1 saturated heterocycles. The van der Waals surface area contributed by atoms with Gasteiger partial charge < -0.3 is 0 Å². The van der Waals surface area contributed by atoms with Gasteiger partial charge in [-0.05, 0) is 0 Å². The molecular formula is C25H44O4Sn. The summed E-state index contributed by atoms with van der Waals surface area (Å²) in [6.45, 7) is 10.9. The predicted molar refractivity (Wildman–Crippen MR) is 127 cm³/mol. The van der Waals surface area contributed by atoms with Gasteiger partial charge in [0.2, 0.25) is 0 Å². The van der Waals surface area contributed by atoms with Crippen molar-refractivity contribution in [2.24, 2.45) is 0 Å². The molecule has 1 fully saturated rings. The van der Waals surface area contributed by atoms with Gasteiger partial charge in [-0.25, -0.2) is 0 Å². The molecule has 0 aliphatic carbocycles. The summed E-state index contributed by atoms with van der Waals surface area (Å²) in [7, 11) is 1.70. The van der Waals surface area contributed by atoms with Crippen LogP contribution in [0.1, 0.15) is 83.1 Å². The number of unbranched alkanes of at least 4 members (excludes halogenated alkanes) is 3. The Morgan fingerprint density at radius 2 is 1.50 bits per heavy atom. The Morgan fingerprint density at radius 1 is 0.933 bits per heavy atom. The molecule has 0 amide bonds. The number of rotatable bonds is 14. The molecule has 0 bridgehead atoms. The molecule has 2 rings (SSSR count). The first kappa shape index (κ1) is 26.0. The number of benzene rings is 1. The first-order valence-corrected chi connectivity index (χ1v) is 19.6. The van der Waals surface area contributed by atoms with E-state index >= 15 is 0 Å². The second-order valence-corrected chi connectivity index (χ2v) is 21.8. The van der Waals surface area contributed by atoms with Crippen LogP contribution in [0.3, 0.4) is 0 Å². The SMILES string of the molecule is CCC[CH2][Sn]([CH2]CCC)([CH2]CCC)[c]1c(OCOC)cc(C)cc1C1OCCCO1. The first-order chi connectivity index (χ1) is 14.6. The fraction of sp³-hybridized carbons (Fsp3) is 0.760. The molecule has 0 unspecified atom stereocenters. The predicted octanol–water partition coefficient (Wildman–Crippen LogP) is 6.47. The molecular weight excluding hydrogens is 483 g/mol. The normalized spacial score (nSPS) is 15.5. The van der Waals surface area contributed by atoms with Gasteiger partial charge in [0.25, 0.3) is 0 Å². The van der Waals surface area contributed by atoms with Crippen LogP contribution < -0.4 is 8.32 Å². The van der Waals surface area contributed by atoms with Gasteiger partial charge in [0.1, 0.15) is 0 Å². The molecule has 4 nitrogen and oxygen atoms in total. The molecule has 1 aromatic rings. The Balaban J connectivity index is 2.65. The van der Waals surface area contributed by atoms with Gasteiger partial charge >= 0.3 is 189 Å². The molecule has 0 saturated carbocycles. The average molecular weight is 527 g/mol. The molecule has 0 N–H and O–H groups in total. The third-order valence-corrected chi connectivity index (χ3v) is 22.0. The van der Waals surface area contributed by atoms with Gasteiger partial charge in [-0.15, -0.1) is 0 Å². The van der Waals surface area contributed by atoms with E-state index in [0.717, 1.165) is 25.4 Å². The summed E-state index contributed by atoms with van der Waals surface area (Å²) in [5.41, 5.74) is 2.47. The summed E-state index contributed by atoms with van der Waals surface area (Å²) in [6, 6.07) is 4.55. The number of hydrogen-bond donors (Lipinski definition) is 0. The maximum absolute atomic E-state index is 6.26. The van der Waals surface area contributed by atoms with E-state index < -0.39 is 18.4 Å². The molecule has 0 atom stereocenters. The molecule has 0 spiro atoms. The van der Waals surface area contributed by atoms with Gasteiger partial charge in [-0.2, -0.15) is 0 Å². The van der Waals surface area contributed by atoms with E-state index in [0.29, 0.717) is 6.79 Å². The summed E-state index contributed by atoms with van der Waals surface area (Å²) in [4.78, 5) is 0. The topological polar surface area (TPSA) is 36.9 Å². The van der Waals surface area contributed by atoms with Crippen molar-refractivity contribution in [1.29, 1.82) is 0 Å². The standard InChI is InChI=1S/C13H17O4.3C4H9.Sn/c1-10-6-11(13-15-4-3-5-16-13)8-12(7-10)17-9-14-2;3*1-3-4-2;/h6-7,13H,3-5,9H2,1-2H3;3*1,3-4H2,2H3;. The Kier molecular flexibility index (Phi) is 12.1. The van der Waals surface area contributed by atoms with Gasteiger partial charge in [0.15, 0.2) is 0 Å². The zero-order valence-electron chi connectivity index (χ0n) is 20.1. The van der Waals surface area contributed by atoms with E-state index in [4.69, 9.17) is 18.9 Å². The van der Waals surface area contributed by atoms with Gasteiger partial charge in [0.05, 0.1) is 0 Å². The van der Waals surface area contributed by atoms with Crippen molar-refractivity contribution in [2.45, 2.75) is 92.2 Å². The average Bonchev–Trinajstić information content (AvgIpc) is 2.78. The van der Waals surface area contributed by atoms with E-state index in [-0.39, 0.29) is 6.29 Å². The zero-order valence-corrected chi connectivity index (χ0v) is 22.9. The monoisotopic (exact) mass is 528 g/mol. The number of methoxy groups -OCH3 is 1. The Bertz CT molecular complexity index is 592. The first-order valence-electron chi connectivity index (χ1n) is 12.1. The van der Waals surface area contributed by atoms with Crippen molar-refractivity contribution < 1.29 is 18.9 Å². The van der Waals surface area contributed by atoms with Crippen LogP contribution in [-0.2, 0) is 14.2 Å². The van der Waals surface area contributed by atoms with Gasteiger partial charge in [0, 0.05) is 0 Å². The van der Waals surface area contributed by atoms with Gasteiger partial charge in [-0.1, -0.05) is 0 Å². The Morgan fingerprint density at radius 3 is 2.00 bits per heavy atom. The molecule has 172 valence electrons. The molecule has 30 heavy (non-hydrogen) atoms. The van der Waals surface area contributed by atoms with E-state index in [9.17, 15) is 0 Å². The quantitative estimate of drug-likeness (QED) is 0.205. The van der Waals surface area contributed by atoms with Crippen LogP contribution >= 0.6 is 0 Å². The number of hydrogen-bond acceptors (Lipinski definition) is 4. The Hall–Kier alpha value is -0.301. The Labute approximate surface area is 188 Å². The van der Waals surface area contributed by atoms with E-state index in [2.05, 4.69) is 39.8 Å². The van der Waals surface area contributed by atoms with Crippen molar-refractivity contribution in [3.05, 3.63) is 23.3 Å². The second-order valence-electron chi connectivity index (χ2n) is 8.80. The summed E-state index contributed by atoms with van der Waals surface area (Å²) in [5.74, 6) is 1.05. The molecule has 0 radical (unpaired) electrons. The molecule has 1 aromatic carbocycles. The number of aryl methyl sites for hydroxylation is 1. The van der Waals surface area contributed by atoms with Crippen LogP contribution in [0.4, 0.5) is 0 Å². The zero-order chi connectivity index (χ0) is 21.8. The molecule has 1 heterocycles.